The molecule has 100 valence electrons. The normalized spacial score (nSPS) is 53.6. The molecular weight excluding hydrogens is 216 g/mol. The molecule has 4 aliphatic carbocycles. The van der Waals surface area contributed by atoms with Crippen LogP contribution in [0.2, 0.25) is 0 Å². The summed E-state index contributed by atoms with van der Waals surface area (Å²) in [5, 5.41) is 0. The van der Waals surface area contributed by atoms with Crippen molar-refractivity contribution in [2.45, 2.75) is 59.3 Å². The van der Waals surface area contributed by atoms with Crippen LogP contribution in [0.25, 0.3) is 0 Å². The Bertz CT molecular complexity index is 385. The van der Waals surface area contributed by atoms with Gasteiger partial charge in [-0.2, -0.15) is 0 Å². The Labute approximate surface area is 112 Å². The van der Waals surface area contributed by atoms with Gasteiger partial charge in [-0.05, 0) is 53.3 Å². The molecule has 0 saturated heterocycles. The van der Waals surface area contributed by atoms with Crippen LogP contribution in [-0.4, -0.2) is 0 Å². The maximum absolute atomic E-state index is 2.64. The molecule has 0 radical (unpaired) electrons. The van der Waals surface area contributed by atoms with E-state index in [1.165, 1.54) is 32.1 Å². The van der Waals surface area contributed by atoms with Crippen LogP contribution in [0.1, 0.15) is 59.3 Å². The third kappa shape index (κ3) is 1.14. The van der Waals surface area contributed by atoms with Gasteiger partial charge in [-0.3, -0.25) is 0 Å². The second kappa shape index (κ2) is 3.44. The second-order valence-corrected chi connectivity index (χ2v) is 8.46. The Morgan fingerprint density at radius 2 is 1.44 bits per heavy atom. The highest BCUT2D eigenvalue weighted by Gasteiger charge is 2.80. The zero-order chi connectivity index (χ0) is 12.5. The molecule has 4 aliphatic rings. The second-order valence-electron chi connectivity index (χ2n) is 8.46. The van der Waals surface area contributed by atoms with E-state index in [0.29, 0.717) is 10.8 Å². The standard InChI is InChI=1S/C18H28/c1-17(2,3)18-14-10-11-15(18)16(18)13-9-7-5-4-6-8-12(13)14/h10-16H,4-9H2,1-3H3/t12-,13-,14?,15?,16?,18?/m1/s1. The number of hydrogen-bond donors (Lipinski definition) is 0. The molecule has 0 bridgehead atoms. The highest BCUT2D eigenvalue weighted by atomic mass is 14.8. The fourth-order valence-corrected chi connectivity index (χ4v) is 6.64. The van der Waals surface area contributed by atoms with Gasteiger partial charge < -0.3 is 0 Å². The van der Waals surface area contributed by atoms with E-state index in [-0.39, 0.29) is 0 Å². The van der Waals surface area contributed by atoms with Crippen LogP contribution >= 0.6 is 0 Å². The highest BCUT2D eigenvalue weighted by molar-refractivity contribution is 5.38. The molecule has 4 rings (SSSR count). The van der Waals surface area contributed by atoms with Gasteiger partial charge in [0.15, 0.2) is 0 Å². The maximum atomic E-state index is 2.64. The largest absolute Gasteiger partial charge is 0.0842 e. The average Bonchev–Trinajstić information content (AvgIpc) is 2.68. The van der Waals surface area contributed by atoms with Crippen LogP contribution in [0.15, 0.2) is 12.2 Å². The van der Waals surface area contributed by atoms with Gasteiger partial charge in [0.05, 0.1) is 0 Å². The fourth-order valence-electron chi connectivity index (χ4n) is 6.64. The van der Waals surface area contributed by atoms with Crippen LogP contribution in [0.4, 0.5) is 0 Å². The number of allylic oxidation sites excluding steroid dienone is 2. The molecule has 0 amide bonds. The zero-order valence-electron chi connectivity index (χ0n) is 12.3. The molecular formula is C18H28. The van der Waals surface area contributed by atoms with Crippen LogP contribution in [0, 0.1) is 40.4 Å². The number of rotatable bonds is 0. The van der Waals surface area contributed by atoms with Crippen molar-refractivity contribution in [1.29, 1.82) is 0 Å². The molecule has 0 aliphatic heterocycles. The maximum Gasteiger partial charge on any atom is -0.00807 e. The smallest absolute Gasteiger partial charge is 0.00807 e. The van der Waals surface area contributed by atoms with Crippen LogP contribution in [0.5, 0.6) is 0 Å². The molecule has 0 aromatic carbocycles. The van der Waals surface area contributed by atoms with Crippen molar-refractivity contribution in [2.75, 3.05) is 0 Å². The molecule has 0 heterocycles. The van der Waals surface area contributed by atoms with Gasteiger partial charge >= 0.3 is 0 Å². The van der Waals surface area contributed by atoms with Gasteiger partial charge in [0.1, 0.15) is 0 Å². The fraction of sp³-hybridized carbons (Fsp3) is 0.889. The minimum Gasteiger partial charge on any atom is -0.0842 e. The van der Waals surface area contributed by atoms with Gasteiger partial charge in [-0.1, -0.05) is 58.6 Å². The zero-order valence-corrected chi connectivity index (χ0v) is 12.3. The Morgan fingerprint density at radius 3 is 2.11 bits per heavy atom. The van der Waals surface area contributed by atoms with Gasteiger partial charge in [-0.25, -0.2) is 0 Å². The number of fused-ring (bicyclic) bond motifs is 4. The van der Waals surface area contributed by atoms with Crippen LogP contribution in [0.3, 0.4) is 0 Å². The van der Waals surface area contributed by atoms with Crippen molar-refractivity contribution in [2.24, 2.45) is 40.4 Å². The third-order valence-electron chi connectivity index (χ3n) is 7.05. The molecule has 3 fully saturated rings. The molecule has 6 atom stereocenters. The lowest BCUT2D eigenvalue weighted by atomic mass is 9.67. The summed E-state index contributed by atoms with van der Waals surface area (Å²) in [6, 6.07) is 0. The summed E-state index contributed by atoms with van der Waals surface area (Å²) in [6.07, 6.45) is 14.3. The molecule has 0 aromatic rings. The van der Waals surface area contributed by atoms with Crippen LogP contribution in [-0.2, 0) is 0 Å². The van der Waals surface area contributed by atoms with Crippen molar-refractivity contribution in [3.05, 3.63) is 12.2 Å². The van der Waals surface area contributed by atoms with Crippen molar-refractivity contribution < 1.29 is 0 Å². The van der Waals surface area contributed by atoms with E-state index in [2.05, 4.69) is 32.9 Å². The lowest BCUT2D eigenvalue weighted by Gasteiger charge is -2.36. The van der Waals surface area contributed by atoms with Crippen molar-refractivity contribution in [3.8, 4) is 0 Å². The molecule has 3 saturated carbocycles. The van der Waals surface area contributed by atoms with E-state index in [0.717, 1.165) is 29.6 Å². The first kappa shape index (κ1) is 11.6. The van der Waals surface area contributed by atoms with E-state index >= 15 is 0 Å². The monoisotopic (exact) mass is 244 g/mol. The Balaban J connectivity index is 1.71. The topological polar surface area (TPSA) is 0 Å². The van der Waals surface area contributed by atoms with Crippen molar-refractivity contribution in [1.82, 2.24) is 0 Å². The summed E-state index contributed by atoms with van der Waals surface area (Å²) in [7, 11) is 0. The Kier molecular flexibility index (Phi) is 2.21. The van der Waals surface area contributed by atoms with Gasteiger partial charge in [0.2, 0.25) is 0 Å². The van der Waals surface area contributed by atoms with Crippen LogP contribution < -0.4 is 0 Å². The molecule has 4 unspecified atom stereocenters. The first-order valence-electron chi connectivity index (χ1n) is 8.27. The van der Waals surface area contributed by atoms with E-state index in [4.69, 9.17) is 0 Å². The van der Waals surface area contributed by atoms with E-state index in [1.54, 1.807) is 6.42 Å². The predicted molar refractivity (Wildman–Crippen MR) is 76.2 cm³/mol. The van der Waals surface area contributed by atoms with E-state index in [1.807, 2.05) is 0 Å². The summed E-state index contributed by atoms with van der Waals surface area (Å²) in [5.41, 5.74) is 1.20. The summed E-state index contributed by atoms with van der Waals surface area (Å²) in [6.45, 7) is 7.54. The predicted octanol–water partition coefficient (Wildman–Crippen LogP) is 5.05. The molecule has 0 nitrogen and oxygen atoms in total. The molecule has 0 N–H and O–H groups in total. The lowest BCUT2D eigenvalue weighted by molar-refractivity contribution is 0.131. The van der Waals surface area contributed by atoms with Gasteiger partial charge in [0.25, 0.3) is 0 Å². The molecule has 0 heteroatoms. The average molecular weight is 244 g/mol. The van der Waals surface area contributed by atoms with Gasteiger partial charge in [-0.15, -0.1) is 0 Å². The molecule has 18 heavy (non-hydrogen) atoms. The SMILES string of the molecule is CC(C)(C)C12C3C=CC1[C@@H]1CCCCCC[C@H]1C32. The minimum absolute atomic E-state index is 0.511. The van der Waals surface area contributed by atoms with Crippen molar-refractivity contribution in [3.63, 3.8) is 0 Å². The summed E-state index contributed by atoms with van der Waals surface area (Å²) < 4.78 is 0. The molecule has 0 spiro atoms. The van der Waals surface area contributed by atoms with E-state index < -0.39 is 0 Å². The summed E-state index contributed by atoms with van der Waals surface area (Å²) in [5.74, 6) is 5.09. The first-order valence-corrected chi connectivity index (χ1v) is 8.27. The third-order valence-corrected chi connectivity index (χ3v) is 7.05. The quantitative estimate of drug-likeness (QED) is 0.523. The summed E-state index contributed by atoms with van der Waals surface area (Å²) in [4.78, 5) is 0. The lowest BCUT2D eigenvalue weighted by Crippen LogP contribution is -2.31. The first-order chi connectivity index (χ1) is 8.58. The minimum atomic E-state index is 0.511. The van der Waals surface area contributed by atoms with Crippen molar-refractivity contribution >= 4 is 0 Å². The summed E-state index contributed by atoms with van der Waals surface area (Å²) >= 11 is 0. The van der Waals surface area contributed by atoms with Gasteiger partial charge in [0, 0.05) is 0 Å². The Morgan fingerprint density at radius 1 is 0.833 bits per heavy atom. The highest BCUT2D eigenvalue weighted by Crippen LogP contribution is 2.84. The number of hydrogen-bond acceptors (Lipinski definition) is 0. The van der Waals surface area contributed by atoms with E-state index in [9.17, 15) is 0 Å². The molecule has 0 aromatic heterocycles. The Hall–Kier alpha value is -0.260.